The summed E-state index contributed by atoms with van der Waals surface area (Å²) in [5.41, 5.74) is 0.783. The van der Waals surface area contributed by atoms with E-state index in [1.54, 1.807) is 23.4 Å². The number of rotatable bonds is 3. The average Bonchev–Trinajstić information content (AvgIpc) is 2.90. The van der Waals surface area contributed by atoms with E-state index in [4.69, 9.17) is 0 Å². The molecule has 1 aromatic heterocycles. The van der Waals surface area contributed by atoms with E-state index < -0.39 is 5.92 Å². The highest BCUT2D eigenvalue weighted by molar-refractivity contribution is 9.10. The fraction of sp³-hybridized carbons (Fsp3) is 0.200. The Hall–Kier alpha value is -2.28. The van der Waals surface area contributed by atoms with Crippen molar-refractivity contribution in [2.75, 3.05) is 16.8 Å². The summed E-state index contributed by atoms with van der Waals surface area (Å²) in [5.74, 6) is -0.458. The van der Waals surface area contributed by atoms with Crippen molar-refractivity contribution in [3.63, 3.8) is 0 Å². The molecule has 2 heterocycles. The normalized spacial score (nSPS) is 17.6. The predicted octanol–water partition coefficient (Wildman–Crippen LogP) is 2.23. The lowest BCUT2D eigenvalue weighted by molar-refractivity contribution is -0.122. The van der Waals surface area contributed by atoms with Crippen molar-refractivity contribution < 1.29 is 9.59 Å². The summed E-state index contributed by atoms with van der Waals surface area (Å²) in [6, 6.07) is 9.13. The third kappa shape index (κ3) is 3.14. The van der Waals surface area contributed by atoms with Crippen molar-refractivity contribution in [3.8, 4) is 0 Å². The molecule has 2 amide bonds. The highest BCUT2D eigenvalue weighted by Crippen LogP contribution is 2.27. The van der Waals surface area contributed by atoms with Crippen LogP contribution < -0.4 is 10.2 Å². The molecule has 0 radical (unpaired) electrons. The summed E-state index contributed by atoms with van der Waals surface area (Å²) < 4.78 is 0.892. The number of hydrogen-bond acceptors (Lipinski definition) is 4. The van der Waals surface area contributed by atoms with Gasteiger partial charge in [0.25, 0.3) is 0 Å². The Labute approximate surface area is 135 Å². The summed E-state index contributed by atoms with van der Waals surface area (Å²) in [6.07, 6.45) is 3.29. The van der Waals surface area contributed by atoms with E-state index in [-0.39, 0.29) is 24.2 Å². The van der Waals surface area contributed by atoms with Crippen LogP contribution in [0.5, 0.6) is 0 Å². The molecule has 0 aliphatic carbocycles. The Bertz CT molecular complexity index is 708. The zero-order chi connectivity index (χ0) is 15.5. The highest BCUT2D eigenvalue weighted by atomic mass is 79.9. The fourth-order valence-corrected chi connectivity index (χ4v) is 2.74. The van der Waals surface area contributed by atoms with Gasteiger partial charge >= 0.3 is 0 Å². The Morgan fingerprint density at radius 3 is 2.77 bits per heavy atom. The molecule has 1 aliphatic heterocycles. The van der Waals surface area contributed by atoms with E-state index in [2.05, 4.69) is 31.2 Å². The molecule has 1 atom stereocenters. The first-order valence-corrected chi connectivity index (χ1v) is 7.56. The highest BCUT2D eigenvalue weighted by Gasteiger charge is 2.35. The Morgan fingerprint density at radius 1 is 1.27 bits per heavy atom. The lowest BCUT2D eigenvalue weighted by atomic mass is 10.1. The number of nitrogens with one attached hydrogen (secondary N) is 1. The molecule has 22 heavy (non-hydrogen) atoms. The molecule has 6 nitrogen and oxygen atoms in total. The third-order valence-corrected chi connectivity index (χ3v) is 3.91. The summed E-state index contributed by atoms with van der Waals surface area (Å²) >= 11 is 3.38. The zero-order valence-corrected chi connectivity index (χ0v) is 13.2. The second-order valence-corrected chi connectivity index (χ2v) is 5.86. The third-order valence-electron chi connectivity index (χ3n) is 3.42. The van der Waals surface area contributed by atoms with Crippen LogP contribution in [0.3, 0.4) is 0 Å². The Balaban J connectivity index is 1.70. The van der Waals surface area contributed by atoms with Gasteiger partial charge in [-0.15, -0.1) is 0 Å². The van der Waals surface area contributed by atoms with E-state index in [0.29, 0.717) is 6.54 Å². The van der Waals surface area contributed by atoms with Crippen LogP contribution in [0.25, 0.3) is 0 Å². The van der Waals surface area contributed by atoms with Crippen molar-refractivity contribution in [2.45, 2.75) is 6.42 Å². The molecule has 0 spiro atoms. The largest absolute Gasteiger partial charge is 0.312 e. The van der Waals surface area contributed by atoms with Crippen molar-refractivity contribution in [1.29, 1.82) is 0 Å². The van der Waals surface area contributed by atoms with Crippen LogP contribution in [0, 0.1) is 5.92 Å². The van der Waals surface area contributed by atoms with Crippen LogP contribution in [-0.2, 0) is 9.59 Å². The molecule has 1 saturated heterocycles. The van der Waals surface area contributed by atoms with E-state index in [0.717, 1.165) is 10.2 Å². The average molecular weight is 361 g/mol. The molecule has 112 valence electrons. The number of amides is 2. The van der Waals surface area contributed by atoms with Gasteiger partial charge in [0.05, 0.1) is 5.92 Å². The van der Waals surface area contributed by atoms with E-state index in [1.165, 1.54) is 0 Å². The Kier molecular flexibility index (Phi) is 4.15. The van der Waals surface area contributed by atoms with Gasteiger partial charge in [0.15, 0.2) is 0 Å². The maximum Gasteiger partial charge on any atom is 0.232 e. The minimum Gasteiger partial charge on any atom is -0.312 e. The monoisotopic (exact) mass is 360 g/mol. The molecule has 2 aromatic rings. The van der Waals surface area contributed by atoms with Gasteiger partial charge in [0, 0.05) is 35.5 Å². The lowest BCUT2D eigenvalue weighted by Gasteiger charge is -2.16. The van der Waals surface area contributed by atoms with E-state index >= 15 is 0 Å². The SMILES string of the molecule is O=C(Nc1ncccn1)C1CC(=O)N(c2cccc(Br)c2)C1. The number of halogens is 1. The first-order chi connectivity index (χ1) is 10.6. The number of carbonyl (C=O) groups is 2. The molecule has 1 fully saturated rings. The minimum atomic E-state index is -0.407. The number of benzene rings is 1. The van der Waals surface area contributed by atoms with Crippen molar-refractivity contribution in [2.24, 2.45) is 5.92 Å². The first-order valence-electron chi connectivity index (χ1n) is 6.77. The molecule has 1 aromatic carbocycles. The lowest BCUT2D eigenvalue weighted by Crippen LogP contribution is -2.28. The number of carbonyl (C=O) groups excluding carboxylic acids is 2. The van der Waals surface area contributed by atoms with Crippen LogP contribution >= 0.6 is 15.9 Å². The van der Waals surface area contributed by atoms with Crippen molar-refractivity contribution in [3.05, 3.63) is 47.2 Å². The van der Waals surface area contributed by atoms with Gasteiger partial charge in [-0.25, -0.2) is 9.97 Å². The van der Waals surface area contributed by atoms with Crippen LogP contribution in [0.15, 0.2) is 47.2 Å². The van der Waals surface area contributed by atoms with Crippen LogP contribution in [0.2, 0.25) is 0 Å². The number of aromatic nitrogens is 2. The van der Waals surface area contributed by atoms with Crippen molar-refractivity contribution >= 4 is 39.4 Å². The molecule has 0 bridgehead atoms. The second-order valence-electron chi connectivity index (χ2n) is 4.95. The topological polar surface area (TPSA) is 75.2 Å². The molecular weight excluding hydrogens is 348 g/mol. The van der Waals surface area contributed by atoms with Crippen LogP contribution in [0.4, 0.5) is 11.6 Å². The maximum atomic E-state index is 12.2. The maximum absolute atomic E-state index is 12.2. The summed E-state index contributed by atoms with van der Waals surface area (Å²) in [4.78, 5) is 33.9. The van der Waals surface area contributed by atoms with E-state index in [9.17, 15) is 9.59 Å². The van der Waals surface area contributed by atoms with Gasteiger partial charge in [-0.05, 0) is 24.3 Å². The zero-order valence-electron chi connectivity index (χ0n) is 11.6. The predicted molar refractivity (Wildman–Crippen MR) is 85.3 cm³/mol. The Morgan fingerprint density at radius 2 is 2.05 bits per heavy atom. The number of anilines is 2. The van der Waals surface area contributed by atoms with Gasteiger partial charge in [-0.2, -0.15) is 0 Å². The fourth-order valence-electron chi connectivity index (χ4n) is 2.35. The van der Waals surface area contributed by atoms with Gasteiger partial charge in [0.2, 0.25) is 17.8 Å². The quantitative estimate of drug-likeness (QED) is 0.910. The van der Waals surface area contributed by atoms with Crippen molar-refractivity contribution in [1.82, 2.24) is 9.97 Å². The molecule has 1 N–H and O–H groups in total. The van der Waals surface area contributed by atoms with Gasteiger partial charge < -0.3 is 4.90 Å². The molecule has 7 heteroatoms. The van der Waals surface area contributed by atoms with Crippen LogP contribution in [0.1, 0.15) is 6.42 Å². The van der Waals surface area contributed by atoms with E-state index in [1.807, 2.05) is 24.3 Å². The number of hydrogen-bond donors (Lipinski definition) is 1. The summed E-state index contributed by atoms with van der Waals surface area (Å²) in [7, 11) is 0. The molecule has 3 rings (SSSR count). The standard InChI is InChI=1S/C15H13BrN4O2/c16-11-3-1-4-12(8-11)20-9-10(7-13(20)21)14(22)19-15-17-5-2-6-18-15/h1-6,8,10H,7,9H2,(H,17,18,19,22). The molecule has 1 unspecified atom stereocenters. The van der Waals surface area contributed by atoms with Gasteiger partial charge in [-0.3, -0.25) is 14.9 Å². The molecule has 0 saturated carbocycles. The molecular formula is C15H13BrN4O2. The smallest absolute Gasteiger partial charge is 0.232 e. The second kappa shape index (κ2) is 6.23. The van der Waals surface area contributed by atoms with Gasteiger partial charge in [0.1, 0.15) is 0 Å². The summed E-state index contributed by atoms with van der Waals surface area (Å²) in [5, 5.41) is 2.64. The summed E-state index contributed by atoms with van der Waals surface area (Å²) in [6.45, 7) is 0.355. The van der Waals surface area contributed by atoms with Gasteiger partial charge in [-0.1, -0.05) is 22.0 Å². The van der Waals surface area contributed by atoms with Crippen LogP contribution in [-0.4, -0.2) is 28.3 Å². The molecule has 1 aliphatic rings. The first kappa shape index (κ1) is 14.6. The number of nitrogens with zero attached hydrogens (tertiary/aromatic N) is 3. The minimum absolute atomic E-state index is 0.0627.